The maximum Gasteiger partial charge on any atom is 0.305 e. The van der Waals surface area contributed by atoms with Gasteiger partial charge in [-0.25, -0.2) is 0 Å². The van der Waals surface area contributed by atoms with E-state index in [9.17, 15) is 15.0 Å². The number of methoxy groups -OCH3 is 1. The summed E-state index contributed by atoms with van der Waals surface area (Å²) < 4.78 is 6.10. The molecule has 7 nitrogen and oxygen atoms in total. The molecular weight excluding hydrogens is 545 g/mol. The van der Waals surface area contributed by atoms with Crippen LogP contribution in [-0.4, -0.2) is 48.2 Å². The third-order valence-electron chi connectivity index (χ3n) is 6.19. The largest absolute Gasteiger partial charge is 0.506 e. The molecular formula is C28H35Cl2N3O4S. The van der Waals surface area contributed by atoms with Crippen LogP contribution in [0.25, 0.3) is 10.2 Å². The molecule has 0 saturated heterocycles. The molecule has 10 heteroatoms. The number of halogens is 2. The van der Waals surface area contributed by atoms with Crippen LogP contribution in [0.3, 0.4) is 0 Å². The van der Waals surface area contributed by atoms with E-state index in [0.29, 0.717) is 23.2 Å². The average Bonchev–Trinajstić information content (AvgIpc) is 3.29. The van der Waals surface area contributed by atoms with Crippen LogP contribution < -0.4 is 20.2 Å². The highest BCUT2D eigenvalue weighted by Gasteiger charge is 2.13. The fourth-order valence-electron chi connectivity index (χ4n) is 4.33. The summed E-state index contributed by atoms with van der Waals surface area (Å²) in [6, 6.07) is 20.0. The molecule has 1 heterocycles. The number of aliphatic hydroxyl groups excluding tert-OH is 1. The van der Waals surface area contributed by atoms with Gasteiger partial charge in [0.2, 0.25) is 0 Å². The third-order valence-corrected chi connectivity index (χ3v) is 7.15. The summed E-state index contributed by atoms with van der Waals surface area (Å²) >= 11 is 1.05. The molecule has 0 fully saturated rings. The molecule has 1 atom stereocenters. The van der Waals surface area contributed by atoms with Crippen LogP contribution in [0.2, 0.25) is 0 Å². The van der Waals surface area contributed by atoms with Crippen molar-refractivity contribution < 1.29 is 14.9 Å². The quantitative estimate of drug-likeness (QED) is 0.120. The van der Waals surface area contributed by atoms with Crippen molar-refractivity contribution in [1.82, 2.24) is 15.6 Å². The Morgan fingerprint density at radius 1 is 0.921 bits per heavy atom. The number of rotatable bonds is 13. The zero-order valence-electron chi connectivity index (χ0n) is 21.2. The van der Waals surface area contributed by atoms with Crippen LogP contribution in [0.5, 0.6) is 11.5 Å². The number of thiazole rings is 1. The van der Waals surface area contributed by atoms with E-state index in [2.05, 4.69) is 45.9 Å². The van der Waals surface area contributed by atoms with Crippen molar-refractivity contribution in [2.75, 3.05) is 26.7 Å². The monoisotopic (exact) mass is 579 g/mol. The molecule has 5 N–H and O–H groups in total. The summed E-state index contributed by atoms with van der Waals surface area (Å²) in [5, 5.41) is 27.1. The van der Waals surface area contributed by atoms with Gasteiger partial charge < -0.3 is 25.3 Å². The molecule has 1 aromatic heterocycles. The first-order valence-corrected chi connectivity index (χ1v) is 13.0. The number of benzene rings is 3. The number of aromatic amines is 1. The minimum Gasteiger partial charge on any atom is -0.506 e. The van der Waals surface area contributed by atoms with Crippen molar-refractivity contribution in [3.63, 3.8) is 0 Å². The Balaban J connectivity index is 0.00000253. The minimum absolute atomic E-state index is 0. The van der Waals surface area contributed by atoms with Gasteiger partial charge in [0, 0.05) is 13.0 Å². The summed E-state index contributed by atoms with van der Waals surface area (Å²) in [6.45, 7) is 2.43. The molecule has 0 radical (unpaired) electrons. The fraction of sp³-hybridized carbons (Fsp3) is 0.321. The van der Waals surface area contributed by atoms with Gasteiger partial charge >= 0.3 is 4.87 Å². The van der Waals surface area contributed by atoms with E-state index in [-0.39, 0.29) is 35.4 Å². The van der Waals surface area contributed by atoms with Gasteiger partial charge in [0.1, 0.15) is 23.2 Å². The Morgan fingerprint density at radius 3 is 2.39 bits per heavy atom. The molecule has 0 saturated carbocycles. The van der Waals surface area contributed by atoms with Crippen LogP contribution in [0.15, 0.2) is 65.5 Å². The highest BCUT2D eigenvalue weighted by Crippen LogP contribution is 2.28. The van der Waals surface area contributed by atoms with E-state index in [4.69, 9.17) is 4.74 Å². The SMILES string of the molecule is COc1ccccc1CCNCCc1cccc(CCNC(O)Cc2ccc(O)c3[nH]c(=O)sc23)c1.Cl.Cl. The number of nitrogens with one attached hydrogen (secondary N) is 3. The number of hydrogen-bond donors (Lipinski definition) is 5. The maximum absolute atomic E-state index is 11.7. The fourth-order valence-corrected chi connectivity index (χ4v) is 5.21. The minimum atomic E-state index is -0.745. The predicted molar refractivity (Wildman–Crippen MR) is 160 cm³/mol. The lowest BCUT2D eigenvalue weighted by Gasteiger charge is -2.14. The van der Waals surface area contributed by atoms with E-state index in [1.165, 1.54) is 16.7 Å². The third kappa shape index (κ3) is 8.73. The lowest BCUT2D eigenvalue weighted by molar-refractivity contribution is 0.138. The summed E-state index contributed by atoms with van der Waals surface area (Å²) in [4.78, 5) is 14.1. The van der Waals surface area contributed by atoms with E-state index in [0.717, 1.165) is 55.0 Å². The van der Waals surface area contributed by atoms with E-state index in [1.807, 2.05) is 18.2 Å². The summed E-state index contributed by atoms with van der Waals surface area (Å²) in [7, 11) is 1.70. The van der Waals surface area contributed by atoms with Gasteiger partial charge in [0.05, 0.1) is 11.8 Å². The summed E-state index contributed by atoms with van der Waals surface area (Å²) in [5.74, 6) is 0.977. The number of aromatic hydroxyl groups is 1. The van der Waals surface area contributed by atoms with Crippen molar-refractivity contribution in [2.24, 2.45) is 0 Å². The van der Waals surface area contributed by atoms with Crippen LogP contribution >= 0.6 is 36.2 Å². The van der Waals surface area contributed by atoms with Gasteiger partial charge in [-0.15, -0.1) is 24.8 Å². The smallest absolute Gasteiger partial charge is 0.305 e. The summed E-state index contributed by atoms with van der Waals surface area (Å²) in [5.41, 5.74) is 4.97. The lowest BCUT2D eigenvalue weighted by Crippen LogP contribution is -2.32. The van der Waals surface area contributed by atoms with Gasteiger partial charge in [-0.1, -0.05) is 59.9 Å². The topological polar surface area (TPSA) is 107 Å². The molecule has 38 heavy (non-hydrogen) atoms. The van der Waals surface area contributed by atoms with Crippen molar-refractivity contribution in [2.45, 2.75) is 31.9 Å². The second-order valence-corrected chi connectivity index (χ2v) is 9.75. The number of fused-ring (bicyclic) bond motifs is 1. The number of aliphatic hydroxyl groups is 1. The van der Waals surface area contributed by atoms with Crippen LogP contribution in [0.4, 0.5) is 0 Å². The first-order valence-electron chi connectivity index (χ1n) is 12.2. The standard InChI is InChI=1S/C28H33N3O4S.2ClH/c1-35-24-8-3-2-7-21(24)13-15-29-14-11-19-5-4-6-20(17-19)12-16-30-25(33)18-22-9-10-23(32)26-27(22)36-28(34)31-26;;/h2-10,17,25,29-30,32-33H,11-16,18H2,1H3,(H,31,34);2*1H. The second-order valence-electron chi connectivity index (χ2n) is 8.77. The van der Waals surface area contributed by atoms with Crippen molar-refractivity contribution in [3.8, 4) is 11.5 Å². The van der Waals surface area contributed by atoms with Gasteiger partial charge in [-0.3, -0.25) is 10.1 Å². The lowest BCUT2D eigenvalue weighted by atomic mass is 10.1. The number of phenolic OH excluding ortho intramolecular Hbond substituents is 1. The number of ether oxygens (including phenoxy) is 1. The average molecular weight is 581 g/mol. The molecule has 3 aromatic carbocycles. The van der Waals surface area contributed by atoms with Gasteiger partial charge in [-0.2, -0.15) is 0 Å². The Hall–Kier alpha value is -2.59. The Kier molecular flexibility index (Phi) is 13.1. The number of para-hydroxylation sites is 1. The zero-order chi connectivity index (χ0) is 25.3. The van der Waals surface area contributed by atoms with Gasteiger partial charge in [0.15, 0.2) is 0 Å². The van der Waals surface area contributed by atoms with Crippen LogP contribution in [-0.2, 0) is 25.7 Å². The van der Waals surface area contributed by atoms with Crippen molar-refractivity contribution in [3.05, 3.63) is 92.6 Å². The first kappa shape index (κ1) is 31.6. The van der Waals surface area contributed by atoms with Crippen molar-refractivity contribution >= 4 is 46.4 Å². The number of hydrogen-bond acceptors (Lipinski definition) is 7. The molecule has 0 aliphatic heterocycles. The Bertz CT molecular complexity index is 1350. The number of H-pyrrole nitrogens is 1. The zero-order valence-corrected chi connectivity index (χ0v) is 23.7. The van der Waals surface area contributed by atoms with Crippen LogP contribution in [0, 0.1) is 0 Å². The second kappa shape index (κ2) is 15.7. The van der Waals surface area contributed by atoms with E-state index >= 15 is 0 Å². The molecule has 0 amide bonds. The van der Waals surface area contributed by atoms with Gasteiger partial charge in [0.25, 0.3) is 0 Å². The predicted octanol–water partition coefficient (Wildman–Crippen LogP) is 4.22. The summed E-state index contributed by atoms with van der Waals surface area (Å²) in [6.07, 6.45) is 2.29. The van der Waals surface area contributed by atoms with E-state index in [1.54, 1.807) is 19.2 Å². The van der Waals surface area contributed by atoms with Gasteiger partial charge in [-0.05, 0) is 66.7 Å². The maximum atomic E-state index is 11.7. The van der Waals surface area contributed by atoms with E-state index < -0.39 is 6.23 Å². The van der Waals surface area contributed by atoms with Crippen LogP contribution in [0.1, 0.15) is 22.3 Å². The molecule has 1 unspecified atom stereocenters. The normalized spacial score (nSPS) is 11.5. The van der Waals surface area contributed by atoms with Crippen molar-refractivity contribution in [1.29, 1.82) is 0 Å². The molecule has 0 bridgehead atoms. The molecule has 4 aromatic rings. The molecule has 0 aliphatic rings. The highest BCUT2D eigenvalue weighted by atomic mass is 35.5. The Morgan fingerprint density at radius 2 is 1.63 bits per heavy atom. The Labute approximate surface area is 239 Å². The highest BCUT2D eigenvalue weighted by molar-refractivity contribution is 7.16. The first-order chi connectivity index (χ1) is 17.5. The molecule has 0 spiro atoms. The number of aromatic nitrogens is 1. The molecule has 0 aliphatic carbocycles. The molecule has 206 valence electrons. The number of phenols is 1. The molecule has 4 rings (SSSR count).